The largest absolute Gasteiger partial charge is 0.457 e. The summed E-state index contributed by atoms with van der Waals surface area (Å²) in [6.45, 7) is 6.13. The van der Waals surface area contributed by atoms with E-state index >= 15 is 0 Å². The maximum Gasteiger partial charge on any atom is 0.338 e. The molecule has 0 radical (unpaired) electrons. The molecule has 0 atom stereocenters. The first kappa shape index (κ1) is 21.5. The van der Waals surface area contributed by atoms with E-state index in [1.165, 1.54) is 5.56 Å². The first-order chi connectivity index (χ1) is 14.3. The Morgan fingerprint density at radius 2 is 1.63 bits per heavy atom. The highest BCUT2D eigenvalue weighted by atomic mass is 32.1. The van der Waals surface area contributed by atoms with Crippen molar-refractivity contribution in [3.05, 3.63) is 94.5 Å². The molecule has 3 aromatic carbocycles. The Hall–Kier alpha value is -3.18. The molecule has 0 aliphatic rings. The van der Waals surface area contributed by atoms with Crippen molar-refractivity contribution in [2.24, 2.45) is 0 Å². The van der Waals surface area contributed by atoms with E-state index in [4.69, 9.17) is 17.0 Å². The summed E-state index contributed by atoms with van der Waals surface area (Å²) < 4.78 is 5.51. The monoisotopic (exact) mass is 418 g/mol. The number of rotatable bonds is 5. The Morgan fingerprint density at radius 3 is 2.30 bits per heavy atom. The van der Waals surface area contributed by atoms with Crippen LogP contribution in [0.2, 0.25) is 0 Å². The molecule has 0 heterocycles. The number of anilines is 2. The van der Waals surface area contributed by atoms with Gasteiger partial charge in [0.05, 0.1) is 5.56 Å². The lowest BCUT2D eigenvalue weighted by atomic mass is 10.0. The van der Waals surface area contributed by atoms with Crippen LogP contribution in [-0.2, 0) is 11.3 Å². The van der Waals surface area contributed by atoms with Gasteiger partial charge in [0, 0.05) is 18.4 Å². The van der Waals surface area contributed by atoms with Crippen LogP contribution in [0.1, 0.15) is 32.6 Å². The SMILES string of the molecule is Cc1ccc(COC(=O)c2cc(C)c(NC(=S)N(C)c3ccccc3)cc2C)cc1. The fourth-order valence-corrected chi connectivity index (χ4v) is 3.26. The fourth-order valence-electron chi connectivity index (χ4n) is 3.05. The first-order valence-electron chi connectivity index (χ1n) is 9.79. The van der Waals surface area contributed by atoms with Crippen LogP contribution in [-0.4, -0.2) is 18.1 Å². The number of thiocarbonyl (C=S) groups is 1. The van der Waals surface area contributed by atoms with Gasteiger partial charge in [-0.25, -0.2) is 4.79 Å². The molecule has 154 valence electrons. The number of hydrogen-bond acceptors (Lipinski definition) is 3. The minimum absolute atomic E-state index is 0.254. The van der Waals surface area contributed by atoms with Crippen molar-refractivity contribution in [1.29, 1.82) is 0 Å². The Kier molecular flexibility index (Phi) is 6.85. The number of benzene rings is 3. The highest BCUT2D eigenvalue weighted by Crippen LogP contribution is 2.23. The number of carbonyl (C=O) groups excluding carboxylic acids is 1. The molecule has 5 heteroatoms. The van der Waals surface area contributed by atoms with Gasteiger partial charge in [-0.3, -0.25) is 0 Å². The second-order valence-electron chi connectivity index (χ2n) is 7.37. The number of hydrogen-bond donors (Lipinski definition) is 1. The summed E-state index contributed by atoms with van der Waals surface area (Å²) in [4.78, 5) is 14.5. The van der Waals surface area contributed by atoms with Gasteiger partial charge in [-0.2, -0.15) is 0 Å². The van der Waals surface area contributed by atoms with Crippen molar-refractivity contribution in [2.75, 3.05) is 17.3 Å². The molecule has 0 aromatic heterocycles. The van der Waals surface area contributed by atoms with E-state index in [9.17, 15) is 4.79 Å². The Labute approximate surface area is 183 Å². The summed E-state index contributed by atoms with van der Waals surface area (Å²) in [5, 5.41) is 3.87. The molecule has 0 bridgehead atoms. The summed E-state index contributed by atoms with van der Waals surface area (Å²) in [5.41, 5.74) is 6.34. The van der Waals surface area contributed by atoms with Crippen molar-refractivity contribution in [3.63, 3.8) is 0 Å². The summed E-state index contributed by atoms with van der Waals surface area (Å²) in [6, 6.07) is 21.7. The molecule has 0 spiro atoms. The number of nitrogens with zero attached hydrogens (tertiary/aromatic N) is 1. The zero-order valence-electron chi connectivity index (χ0n) is 17.7. The van der Waals surface area contributed by atoms with Crippen molar-refractivity contribution in [1.82, 2.24) is 0 Å². The van der Waals surface area contributed by atoms with Gasteiger partial charge in [0.2, 0.25) is 0 Å². The van der Waals surface area contributed by atoms with Crippen LogP contribution in [0.25, 0.3) is 0 Å². The zero-order chi connectivity index (χ0) is 21.7. The van der Waals surface area contributed by atoms with Crippen LogP contribution in [0.5, 0.6) is 0 Å². The van der Waals surface area contributed by atoms with E-state index in [0.29, 0.717) is 10.7 Å². The van der Waals surface area contributed by atoms with E-state index in [1.807, 2.05) is 99.4 Å². The number of aryl methyl sites for hydroxylation is 3. The van der Waals surface area contributed by atoms with Crippen LogP contribution in [0.4, 0.5) is 11.4 Å². The third kappa shape index (κ3) is 5.24. The van der Waals surface area contributed by atoms with Gasteiger partial charge in [0.1, 0.15) is 6.61 Å². The molecule has 30 heavy (non-hydrogen) atoms. The maximum absolute atomic E-state index is 12.6. The number of para-hydroxylation sites is 1. The van der Waals surface area contributed by atoms with Gasteiger partial charge in [-0.15, -0.1) is 0 Å². The maximum atomic E-state index is 12.6. The van der Waals surface area contributed by atoms with E-state index in [1.54, 1.807) is 0 Å². The molecular weight excluding hydrogens is 392 g/mol. The predicted octanol–water partition coefficient (Wildman–Crippen LogP) is 5.80. The van der Waals surface area contributed by atoms with Crippen molar-refractivity contribution in [2.45, 2.75) is 27.4 Å². The second kappa shape index (κ2) is 9.55. The minimum atomic E-state index is -0.327. The molecule has 3 rings (SSSR count). The van der Waals surface area contributed by atoms with Crippen molar-refractivity contribution < 1.29 is 9.53 Å². The third-order valence-corrected chi connectivity index (χ3v) is 5.35. The Bertz CT molecular complexity index is 1050. The molecule has 1 N–H and O–H groups in total. The molecule has 0 aliphatic heterocycles. The molecule has 3 aromatic rings. The summed E-state index contributed by atoms with van der Waals surface area (Å²) in [6.07, 6.45) is 0. The summed E-state index contributed by atoms with van der Waals surface area (Å²) >= 11 is 5.56. The Morgan fingerprint density at radius 1 is 0.967 bits per heavy atom. The lowest BCUT2D eigenvalue weighted by molar-refractivity contribution is 0.0472. The highest BCUT2D eigenvalue weighted by Gasteiger charge is 2.15. The van der Waals surface area contributed by atoms with Gasteiger partial charge >= 0.3 is 5.97 Å². The normalized spacial score (nSPS) is 10.4. The highest BCUT2D eigenvalue weighted by molar-refractivity contribution is 7.80. The topological polar surface area (TPSA) is 41.6 Å². The van der Waals surface area contributed by atoms with E-state index in [0.717, 1.165) is 28.1 Å². The fraction of sp³-hybridized carbons (Fsp3) is 0.200. The van der Waals surface area contributed by atoms with E-state index in [-0.39, 0.29) is 12.6 Å². The third-order valence-electron chi connectivity index (χ3n) is 4.97. The van der Waals surface area contributed by atoms with E-state index < -0.39 is 0 Å². The molecule has 0 saturated carbocycles. The average molecular weight is 419 g/mol. The quantitative estimate of drug-likeness (QED) is 0.419. The zero-order valence-corrected chi connectivity index (χ0v) is 18.5. The average Bonchev–Trinajstić information content (AvgIpc) is 2.75. The smallest absolute Gasteiger partial charge is 0.338 e. The van der Waals surface area contributed by atoms with Crippen LogP contribution < -0.4 is 10.2 Å². The molecule has 0 aliphatic carbocycles. The molecule has 0 saturated heterocycles. The lowest BCUT2D eigenvalue weighted by Gasteiger charge is -2.22. The van der Waals surface area contributed by atoms with Gasteiger partial charge in [0.25, 0.3) is 0 Å². The van der Waals surface area contributed by atoms with Gasteiger partial charge in [0.15, 0.2) is 5.11 Å². The standard InChI is InChI=1S/C25H26N2O2S/c1-17-10-12-20(13-11-17)16-29-24(28)22-14-19(3)23(15-18(22)2)26-25(30)27(4)21-8-6-5-7-9-21/h5-15H,16H2,1-4H3,(H,26,30). The molecule has 0 unspecified atom stereocenters. The van der Waals surface area contributed by atoms with Crippen LogP contribution in [0.15, 0.2) is 66.7 Å². The van der Waals surface area contributed by atoms with E-state index in [2.05, 4.69) is 5.32 Å². The molecule has 0 fully saturated rings. The van der Waals surface area contributed by atoms with Crippen molar-refractivity contribution in [3.8, 4) is 0 Å². The number of carbonyl (C=O) groups is 1. The second-order valence-corrected chi connectivity index (χ2v) is 7.76. The summed E-state index contributed by atoms with van der Waals surface area (Å²) in [5.74, 6) is -0.327. The van der Waals surface area contributed by atoms with Crippen LogP contribution >= 0.6 is 12.2 Å². The van der Waals surface area contributed by atoms with Crippen molar-refractivity contribution >= 4 is 34.7 Å². The lowest BCUT2D eigenvalue weighted by Crippen LogP contribution is -2.31. The van der Waals surface area contributed by atoms with Gasteiger partial charge in [-0.05, 0) is 73.9 Å². The predicted molar refractivity (Wildman–Crippen MR) is 127 cm³/mol. The van der Waals surface area contributed by atoms with Crippen LogP contribution in [0, 0.1) is 20.8 Å². The molecule has 0 amide bonds. The number of esters is 1. The summed E-state index contributed by atoms with van der Waals surface area (Å²) in [7, 11) is 1.92. The molecule has 4 nitrogen and oxygen atoms in total. The number of nitrogens with one attached hydrogen (secondary N) is 1. The minimum Gasteiger partial charge on any atom is -0.457 e. The van der Waals surface area contributed by atoms with Gasteiger partial charge in [-0.1, -0.05) is 48.0 Å². The number of ether oxygens (including phenoxy) is 1. The van der Waals surface area contributed by atoms with Gasteiger partial charge < -0.3 is 15.0 Å². The van der Waals surface area contributed by atoms with Crippen LogP contribution in [0.3, 0.4) is 0 Å². The Balaban J connectivity index is 1.69. The molecular formula is C25H26N2O2S. The first-order valence-corrected chi connectivity index (χ1v) is 10.2.